The number of para-hydroxylation sites is 1. The highest BCUT2D eigenvalue weighted by Crippen LogP contribution is 2.49. The monoisotopic (exact) mass is 583 g/mol. The van der Waals surface area contributed by atoms with Crippen LogP contribution in [0.4, 0.5) is 37.7 Å². The van der Waals surface area contributed by atoms with E-state index in [1.807, 2.05) is 6.92 Å². The first-order valence-electron chi connectivity index (χ1n) is 12.2. The molecule has 1 unspecified atom stereocenters. The summed E-state index contributed by atoms with van der Waals surface area (Å²) in [6.45, 7) is 1.89. The van der Waals surface area contributed by atoms with E-state index < -0.39 is 36.1 Å². The molecule has 1 amide bonds. The van der Waals surface area contributed by atoms with Crippen LogP contribution in [0, 0.1) is 0 Å². The molecule has 5 nitrogen and oxygen atoms in total. The number of benzene rings is 3. The maximum absolute atomic E-state index is 13.6. The Bertz CT molecular complexity index is 1370. The average molecular weight is 584 g/mol. The van der Waals surface area contributed by atoms with Crippen LogP contribution in [0.3, 0.4) is 0 Å². The van der Waals surface area contributed by atoms with Crippen molar-refractivity contribution in [3.8, 4) is 11.1 Å². The maximum Gasteiger partial charge on any atom is 0.431 e. The Morgan fingerprint density at radius 2 is 1.50 bits per heavy atom. The number of hydrogen-bond donors (Lipinski definition) is 2. The van der Waals surface area contributed by atoms with Gasteiger partial charge in [-0.3, -0.25) is 9.80 Å². The van der Waals surface area contributed by atoms with E-state index in [-0.39, 0.29) is 16.6 Å². The molecule has 1 aliphatic rings. The van der Waals surface area contributed by atoms with E-state index >= 15 is 0 Å². The first-order chi connectivity index (χ1) is 18.8. The summed E-state index contributed by atoms with van der Waals surface area (Å²) in [5.41, 5.74) is -4.06. The van der Waals surface area contributed by atoms with E-state index in [0.29, 0.717) is 24.1 Å². The summed E-state index contributed by atoms with van der Waals surface area (Å²) in [7, 11) is 0. The van der Waals surface area contributed by atoms with E-state index in [9.17, 15) is 36.2 Å². The van der Waals surface area contributed by atoms with Gasteiger partial charge in [0.15, 0.2) is 0 Å². The highest BCUT2D eigenvalue weighted by Gasteiger charge is 2.74. The summed E-state index contributed by atoms with van der Waals surface area (Å²) < 4.78 is 81.9. The van der Waals surface area contributed by atoms with Crippen LogP contribution in [0.15, 0.2) is 77.9 Å². The van der Waals surface area contributed by atoms with Gasteiger partial charge in [-0.25, -0.2) is 0 Å². The molecule has 1 heterocycles. The molecule has 12 heteroatoms. The minimum Gasteiger partial charge on any atom is -0.369 e. The van der Waals surface area contributed by atoms with E-state index in [0.717, 1.165) is 16.1 Å². The molecule has 1 atom stereocenters. The van der Waals surface area contributed by atoms with Gasteiger partial charge in [0.25, 0.3) is 5.60 Å². The van der Waals surface area contributed by atoms with Gasteiger partial charge in [0.1, 0.15) is 0 Å². The lowest BCUT2D eigenvalue weighted by molar-refractivity contribution is -0.338. The lowest BCUT2D eigenvalue weighted by atomic mass is 9.89. The van der Waals surface area contributed by atoms with E-state index in [1.54, 1.807) is 54.6 Å². The Morgan fingerprint density at radius 1 is 0.950 bits per heavy atom. The number of nitrogens with zero attached hydrogens (tertiary/aromatic N) is 2. The van der Waals surface area contributed by atoms with Crippen molar-refractivity contribution in [1.29, 1.82) is 0 Å². The number of aliphatic hydroxyl groups is 1. The van der Waals surface area contributed by atoms with E-state index in [4.69, 9.17) is 11.6 Å². The molecule has 0 bridgehead atoms. The molecule has 2 N–H and O–H groups in total. The van der Waals surface area contributed by atoms with E-state index in [2.05, 4.69) is 10.4 Å². The molecule has 3 aromatic carbocycles. The van der Waals surface area contributed by atoms with Gasteiger partial charge in [0.05, 0.1) is 22.5 Å². The number of nitrogens with one attached hydrogen (secondary N) is 1. The Morgan fingerprint density at radius 3 is 2.02 bits per heavy atom. The topological polar surface area (TPSA) is 64.9 Å². The Hall–Kier alpha value is -3.57. The van der Waals surface area contributed by atoms with Gasteiger partial charge in [-0.2, -0.15) is 31.4 Å². The van der Waals surface area contributed by atoms with Gasteiger partial charge in [-0.15, -0.1) is 0 Å². The fourth-order valence-corrected chi connectivity index (χ4v) is 4.65. The summed E-state index contributed by atoms with van der Waals surface area (Å²) >= 11 is 6.22. The van der Waals surface area contributed by atoms with Crippen molar-refractivity contribution >= 4 is 34.6 Å². The van der Waals surface area contributed by atoms with Gasteiger partial charge < -0.3 is 10.4 Å². The van der Waals surface area contributed by atoms with Gasteiger partial charge in [-0.05, 0) is 47.4 Å². The zero-order valence-electron chi connectivity index (χ0n) is 21.0. The quantitative estimate of drug-likeness (QED) is 0.278. The van der Waals surface area contributed by atoms with Crippen molar-refractivity contribution in [3.63, 3.8) is 0 Å². The highest BCUT2D eigenvalue weighted by atomic mass is 35.5. The van der Waals surface area contributed by atoms with Crippen LogP contribution < -0.4 is 10.3 Å². The number of carbonyl (C=O) groups excluding carboxylic acids is 1. The minimum absolute atomic E-state index is 0.0581. The zero-order valence-corrected chi connectivity index (χ0v) is 21.8. The smallest absolute Gasteiger partial charge is 0.369 e. The summed E-state index contributed by atoms with van der Waals surface area (Å²) in [6, 6.07) is 18.3. The second-order valence-electron chi connectivity index (χ2n) is 9.27. The summed E-state index contributed by atoms with van der Waals surface area (Å²) in [6.07, 6.45) is -11.9. The number of halogens is 7. The number of hydrogen-bond acceptors (Lipinski definition) is 4. The predicted octanol–water partition coefficient (Wildman–Crippen LogP) is 7.91. The maximum atomic E-state index is 13.6. The van der Waals surface area contributed by atoms with Crippen LogP contribution in [-0.2, 0) is 4.79 Å². The number of anilines is 2. The van der Waals surface area contributed by atoms with Gasteiger partial charge in [0.2, 0.25) is 5.91 Å². The minimum atomic E-state index is -6.06. The largest absolute Gasteiger partial charge is 0.431 e. The molecule has 0 aliphatic carbocycles. The molecule has 0 saturated carbocycles. The second kappa shape index (κ2) is 11.1. The van der Waals surface area contributed by atoms with E-state index in [1.165, 1.54) is 18.2 Å². The Labute approximate surface area is 231 Å². The second-order valence-corrected chi connectivity index (χ2v) is 9.67. The van der Waals surface area contributed by atoms with Crippen molar-refractivity contribution < 1.29 is 36.2 Å². The molecular weight excluding hydrogens is 560 g/mol. The van der Waals surface area contributed by atoms with Crippen molar-refractivity contribution in [2.24, 2.45) is 5.10 Å². The van der Waals surface area contributed by atoms with Crippen molar-refractivity contribution in [2.45, 2.75) is 50.2 Å². The zero-order chi connectivity index (χ0) is 29.3. The van der Waals surface area contributed by atoms with Crippen LogP contribution in [-0.4, -0.2) is 34.7 Å². The van der Waals surface area contributed by atoms with Crippen LogP contribution in [0.2, 0.25) is 5.02 Å². The molecule has 0 fully saturated rings. The molecule has 40 heavy (non-hydrogen) atoms. The average Bonchev–Trinajstić information content (AvgIpc) is 3.33. The number of hydrazone groups is 1. The highest BCUT2D eigenvalue weighted by molar-refractivity contribution is 6.33. The van der Waals surface area contributed by atoms with Gasteiger partial charge in [0, 0.05) is 18.5 Å². The molecule has 212 valence electrons. The van der Waals surface area contributed by atoms with Crippen molar-refractivity contribution in [2.75, 3.05) is 10.3 Å². The fraction of sp³-hybridized carbons (Fsp3) is 0.286. The molecule has 0 saturated heterocycles. The molecule has 0 aromatic heterocycles. The van der Waals surface area contributed by atoms with Crippen molar-refractivity contribution in [3.05, 3.63) is 83.4 Å². The third-order valence-corrected chi connectivity index (χ3v) is 6.84. The fourth-order valence-electron chi connectivity index (χ4n) is 4.43. The Balaban J connectivity index is 1.67. The van der Waals surface area contributed by atoms with Crippen molar-refractivity contribution in [1.82, 2.24) is 0 Å². The van der Waals surface area contributed by atoms with Gasteiger partial charge >= 0.3 is 12.4 Å². The molecule has 1 aliphatic heterocycles. The lowest BCUT2D eigenvalue weighted by Crippen LogP contribution is -2.62. The van der Waals surface area contributed by atoms with Crippen LogP contribution in [0.5, 0.6) is 0 Å². The number of carbonyl (C=O) groups is 1. The number of alkyl halides is 6. The van der Waals surface area contributed by atoms with Crippen LogP contribution in [0.1, 0.15) is 37.8 Å². The summed E-state index contributed by atoms with van der Waals surface area (Å²) in [5, 5.41) is 17.5. The van der Waals surface area contributed by atoms with Crippen LogP contribution in [0.25, 0.3) is 11.1 Å². The molecular formula is C28H24ClF6N3O2. The first-order valence-corrected chi connectivity index (χ1v) is 12.6. The summed E-state index contributed by atoms with van der Waals surface area (Å²) in [4.78, 5) is 11.8. The SMILES string of the molecule is CCCC(=O)Nc1ccc(-c2ccc(C3CC(C(O)(C(F)(F)F)C(F)(F)F)=NN3c3ccccc3Cl)cc2)cc1. The first kappa shape index (κ1) is 29.4. The standard InChI is InChI=1S/C28H24ClF6N3O2/c1-2-5-25(39)36-20-14-12-18(13-15-20)17-8-10-19(11-9-17)23-16-24(26(40,27(30,31)32)28(33,34)35)37-38(23)22-7-4-3-6-21(22)29/h3-4,6-15,23,40H,2,5,16H2,1H3,(H,36,39). The van der Waals surface area contributed by atoms with Gasteiger partial charge in [-0.1, -0.05) is 67.1 Å². The molecule has 0 radical (unpaired) electrons. The lowest BCUT2D eigenvalue weighted by Gasteiger charge is -2.32. The normalized spacial score (nSPS) is 16.2. The Kier molecular flexibility index (Phi) is 8.18. The summed E-state index contributed by atoms with van der Waals surface area (Å²) in [5.74, 6) is -0.108. The predicted molar refractivity (Wildman–Crippen MR) is 141 cm³/mol. The molecule has 3 aromatic rings. The number of amides is 1. The number of rotatable bonds is 7. The third-order valence-electron chi connectivity index (χ3n) is 6.52. The molecule has 0 spiro atoms. The van der Waals surface area contributed by atoms with Crippen LogP contribution >= 0.6 is 11.6 Å². The third kappa shape index (κ3) is 5.66. The molecule has 4 rings (SSSR count).